The second-order valence-electron chi connectivity index (χ2n) is 3.54. The largest absolute Gasteiger partial charge is 0.478 e. The van der Waals surface area contributed by atoms with Gasteiger partial charge in [0.25, 0.3) is 0 Å². The quantitative estimate of drug-likeness (QED) is 0.227. The Hall–Kier alpha value is -1.66. The van der Waals surface area contributed by atoms with Crippen LogP contribution in [0.4, 0.5) is 0 Å². The van der Waals surface area contributed by atoms with Crippen molar-refractivity contribution in [2.45, 2.75) is 6.42 Å². The average Bonchev–Trinajstić information content (AvgIpc) is 2.34. The summed E-state index contributed by atoms with van der Waals surface area (Å²) >= 11 is 0. The molecule has 0 spiro atoms. The Morgan fingerprint density at radius 3 is 2.22 bits per heavy atom. The van der Waals surface area contributed by atoms with Crippen molar-refractivity contribution in [2.24, 2.45) is 0 Å². The van der Waals surface area contributed by atoms with Gasteiger partial charge in [-0.05, 0) is 13.0 Å². The summed E-state index contributed by atoms with van der Waals surface area (Å²) in [5.41, 5.74) is 0. The summed E-state index contributed by atoms with van der Waals surface area (Å²) in [6, 6.07) is 0. The van der Waals surface area contributed by atoms with Crippen LogP contribution >= 0.6 is 0 Å². The average molecular weight is 255 g/mol. The maximum Gasteiger partial charge on any atom is 0.328 e. The third kappa shape index (κ3) is 12.4. The van der Waals surface area contributed by atoms with Crippen molar-refractivity contribution in [1.29, 1.82) is 0 Å². The lowest BCUT2D eigenvalue weighted by molar-refractivity contribution is -0.131. The van der Waals surface area contributed by atoms with Gasteiger partial charge < -0.3 is 21.1 Å². The normalized spacial score (nSPS) is 10.4. The molecule has 0 aliphatic carbocycles. The summed E-state index contributed by atoms with van der Waals surface area (Å²) in [6.45, 7) is 7.34. The third-order valence-corrected chi connectivity index (χ3v) is 1.98. The van der Waals surface area contributed by atoms with Crippen LogP contribution < -0.4 is 16.0 Å². The minimum atomic E-state index is -1.13. The van der Waals surface area contributed by atoms with E-state index in [1.165, 1.54) is 0 Å². The molecule has 0 aliphatic heterocycles. The van der Waals surface area contributed by atoms with Crippen molar-refractivity contribution >= 4 is 11.9 Å². The van der Waals surface area contributed by atoms with Crippen molar-refractivity contribution in [2.75, 3.05) is 32.7 Å². The zero-order valence-electron chi connectivity index (χ0n) is 10.4. The van der Waals surface area contributed by atoms with E-state index >= 15 is 0 Å². The van der Waals surface area contributed by atoms with Crippen LogP contribution in [0.3, 0.4) is 0 Å². The summed E-state index contributed by atoms with van der Waals surface area (Å²) in [6.07, 6.45) is 4.62. The van der Waals surface area contributed by atoms with Crippen LogP contribution in [-0.4, -0.2) is 49.7 Å². The van der Waals surface area contributed by atoms with Gasteiger partial charge in [-0.1, -0.05) is 6.08 Å². The van der Waals surface area contributed by atoms with Gasteiger partial charge in [0.1, 0.15) is 0 Å². The highest BCUT2D eigenvalue weighted by atomic mass is 16.4. The van der Waals surface area contributed by atoms with Crippen molar-refractivity contribution < 1.29 is 14.7 Å². The molecule has 0 saturated carbocycles. The zero-order valence-corrected chi connectivity index (χ0v) is 10.4. The molecule has 0 rings (SSSR count). The molecule has 102 valence electrons. The second-order valence-corrected chi connectivity index (χ2v) is 3.54. The molecule has 0 atom stereocenters. The van der Waals surface area contributed by atoms with Crippen LogP contribution in [0.25, 0.3) is 0 Å². The Kier molecular flexibility index (Phi) is 10.7. The smallest absolute Gasteiger partial charge is 0.328 e. The van der Waals surface area contributed by atoms with E-state index in [0.29, 0.717) is 13.1 Å². The molecule has 0 aromatic carbocycles. The maximum absolute atomic E-state index is 11.0. The lowest BCUT2D eigenvalue weighted by atomic mass is 10.4. The monoisotopic (exact) mass is 255 g/mol. The fraction of sp³-hybridized carbons (Fsp3) is 0.500. The lowest BCUT2D eigenvalue weighted by Crippen LogP contribution is -2.34. The predicted octanol–water partition coefficient (Wildman–Crippen LogP) is -0.501. The van der Waals surface area contributed by atoms with Crippen molar-refractivity contribution in [3.63, 3.8) is 0 Å². The number of rotatable bonds is 11. The number of aliphatic carboxylic acids is 1. The standard InChI is InChI=1S/C12H21N3O3/c1-2-3-6-13-7-8-14-9-10-15-11(16)4-5-12(17)18/h2,4-5,13-14H,1,3,6-10H2,(H,15,16)(H,17,18)/b5-4+. The fourth-order valence-corrected chi connectivity index (χ4v) is 1.11. The first-order valence-electron chi connectivity index (χ1n) is 5.88. The molecule has 0 aromatic rings. The van der Waals surface area contributed by atoms with Gasteiger partial charge in [-0.3, -0.25) is 4.79 Å². The fourth-order valence-electron chi connectivity index (χ4n) is 1.11. The van der Waals surface area contributed by atoms with Crippen LogP contribution in [0.1, 0.15) is 6.42 Å². The Morgan fingerprint density at radius 1 is 1.00 bits per heavy atom. The van der Waals surface area contributed by atoms with Crippen molar-refractivity contribution in [3.05, 3.63) is 24.8 Å². The number of carbonyl (C=O) groups excluding carboxylic acids is 1. The molecule has 6 nitrogen and oxygen atoms in total. The molecule has 4 N–H and O–H groups in total. The second kappa shape index (κ2) is 11.8. The Bertz CT molecular complexity index is 290. The first kappa shape index (κ1) is 16.3. The van der Waals surface area contributed by atoms with Crippen LogP contribution in [-0.2, 0) is 9.59 Å². The number of amides is 1. The van der Waals surface area contributed by atoms with Gasteiger partial charge in [0, 0.05) is 38.3 Å². The Balaban J connectivity index is 3.27. The third-order valence-electron chi connectivity index (χ3n) is 1.98. The van der Waals surface area contributed by atoms with Crippen LogP contribution in [0.15, 0.2) is 24.8 Å². The van der Waals surface area contributed by atoms with Gasteiger partial charge >= 0.3 is 5.97 Å². The summed E-state index contributed by atoms with van der Waals surface area (Å²) < 4.78 is 0. The number of hydrogen-bond acceptors (Lipinski definition) is 4. The molecule has 0 bridgehead atoms. The molecule has 0 aromatic heterocycles. The highest BCUT2D eigenvalue weighted by Crippen LogP contribution is 1.75. The molecule has 0 unspecified atom stereocenters. The minimum absolute atomic E-state index is 0.400. The van der Waals surface area contributed by atoms with Gasteiger partial charge in [-0.15, -0.1) is 6.58 Å². The van der Waals surface area contributed by atoms with Gasteiger partial charge in [0.2, 0.25) is 5.91 Å². The number of carboxylic acids is 1. The van der Waals surface area contributed by atoms with Crippen molar-refractivity contribution in [3.8, 4) is 0 Å². The molecule has 6 heteroatoms. The predicted molar refractivity (Wildman–Crippen MR) is 70.3 cm³/mol. The molecule has 0 heterocycles. The molecule has 0 radical (unpaired) electrons. The maximum atomic E-state index is 11.0. The number of hydrogen-bond donors (Lipinski definition) is 4. The first-order valence-corrected chi connectivity index (χ1v) is 5.88. The Labute approximate surface area is 107 Å². The van der Waals surface area contributed by atoms with Crippen molar-refractivity contribution in [1.82, 2.24) is 16.0 Å². The molecule has 0 saturated heterocycles. The molecular weight excluding hydrogens is 234 g/mol. The molecule has 18 heavy (non-hydrogen) atoms. The van der Waals surface area contributed by atoms with Crippen LogP contribution in [0.2, 0.25) is 0 Å². The van der Waals surface area contributed by atoms with E-state index in [9.17, 15) is 9.59 Å². The summed E-state index contributed by atoms with van der Waals surface area (Å²) in [5.74, 6) is -1.53. The zero-order chi connectivity index (χ0) is 13.6. The number of carbonyl (C=O) groups is 2. The topological polar surface area (TPSA) is 90.5 Å². The lowest BCUT2D eigenvalue weighted by Gasteiger charge is -2.06. The van der Waals surface area contributed by atoms with Crippen LogP contribution in [0.5, 0.6) is 0 Å². The summed E-state index contributed by atoms with van der Waals surface area (Å²) in [4.78, 5) is 21.2. The van der Waals surface area contributed by atoms with E-state index in [0.717, 1.165) is 38.2 Å². The van der Waals surface area contributed by atoms with E-state index in [-0.39, 0.29) is 0 Å². The van der Waals surface area contributed by atoms with Gasteiger partial charge in [-0.25, -0.2) is 4.79 Å². The molecule has 0 aliphatic rings. The highest BCUT2D eigenvalue weighted by Gasteiger charge is 1.95. The van der Waals surface area contributed by atoms with E-state index in [1.807, 2.05) is 6.08 Å². The summed E-state index contributed by atoms with van der Waals surface area (Å²) in [7, 11) is 0. The van der Waals surface area contributed by atoms with Crippen LogP contribution in [0, 0.1) is 0 Å². The molecular formula is C12H21N3O3. The number of nitrogens with one attached hydrogen (secondary N) is 3. The van der Waals surface area contributed by atoms with Gasteiger partial charge in [-0.2, -0.15) is 0 Å². The van der Waals surface area contributed by atoms with E-state index < -0.39 is 11.9 Å². The SMILES string of the molecule is C=CCCNCCNCCNC(=O)/C=C/C(=O)O. The summed E-state index contributed by atoms with van der Waals surface area (Å²) in [5, 5.41) is 17.2. The van der Waals surface area contributed by atoms with E-state index in [4.69, 9.17) is 5.11 Å². The van der Waals surface area contributed by atoms with E-state index in [1.54, 1.807) is 0 Å². The molecule has 1 amide bonds. The van der Waals surface area contributed by atoms with E-state index in [2.05, 4.69) is 22.5 Å². The number of carboxylic acid groups (broad SMARTS) is 1. The van der Waals surface area contributed by atoms with Gasteiger partial charge in [0.15, 0.2) is 0 Å². The first-order chi connectivity index (χ1) is 8.66. The highest BCUT2D eigenvalue weighted by molar-refractivity contribution is 5.93. The van der Waals surface area contributed by atoms with Gasteiger partial charge in [0.05, 0.1) is 0 Å². The minimum Gasteiger partial charge on any atom is -0.478 e. The molecule has 0 fully saturated rings. The Morgan fingerprint density at radius 2 is 1.61 bits per heavy atom.